The summed E-state index contributed by atoms with van der Waals surface area (Å²) in [5.41, 5.74) is 0. The van der Waals surface area contributed by atoms with Crippen LogP contribution in [-0.4, -0.2) is 51.0 Å². The van der Waals surface area contributed by atoms with Gasteiger partial charge in [0.2, 0.25) is 13.2 Å². The first-order chi connectivity index (χ1) is 10.2. The Morgan fingerprint density at radius 3 is 1.04 bits per heavy atom. The van der Waals surface area contributed by atoms with E-state index >= 15 is 0 Å². The standard InChI is InChI=1S/C5H4F4N4O10/c6-3(10(14)15,11(16)17)1-22-5(8,9)23-2-4(7,12(18)19)13(20)21/h1-2H2. The van der Waals surface area contributed by atoms with E-state index in [9.17, 15) is 58.0 Å². The van der Waals surface area contributed by atoms with E-state index in [1.165, 1.54) is 0 Å². The van der Waals surface area contributed by atoms with Crippen LogP contribution in [0.15, 0.2) is 0 Å². The highest BCUT2D eigenvalue weighted by atomic mass is 19.3. The second-order valence-corrected chi connectivity index (χ2v) is 3.51. The Balaban J connectivity index is 4.97. The van der Waals surface area contributed by atoms with Gasteiger partial charge in [-0.15, -0.1) is 8.78 Å². The third kappa shape index (κ3) is 4.60. The Bertz CT molecular complexity index is 455. The first kappa shape index (κ1) is 20.2. The lowest BCUT2D eigenvalue weighted by Crippen LogP contribution is -2.50. The average molecular weight is 356 g/mol. The zero-order valence-electron chi connectivity index (χ0n) is 10.3. The van der Waals surface area contributed by atoms with Gasteiger partial charge in [0.1, 0.15) is 19.7 Å². The lowest BCUT2D eigenvalue weighted by molar-refractivity contribution is -0.838. The van der Waals surface area contributed by atoms with E-state index in [1.54, 1.807) is 0 Å². The van der Waals surface area contributed by atoms with E-state index in [0.29, 0.717) is 0 Å². The molecular formula is C5H4F4N4O10. The van der Waals surface area contributed by atoms with Crippen LogP contribution in [-0.2, 0) is 9.47 Å². The van der Waals surface area contributed by atoms with Gasteiger partial charge in [-0.25, -0.2) is 0 Å². The van der Waals surface area contributed by atoms with Gasteiger partial charge in [0.05, 0.1) is 0 Å². The van der Waals surface area contributed by atoms with Crippen molar-refractivity contribution < 1.29 is 46.7 Å². The van der Waals surface area contributed by atoms with Crippen LogP contribution in [0.1, 0.15) is 0 Å². The summed E-state index contributed by atoms with van der Waals surface area (Å²) < 4.78 is 58.0. The van der Waals surface area contributed by atoms with Crippen molar-refractivity contribution in [2.45, 2.75) is 18.1 Å². The molecule has 0 bridgehead atoms. The SMILES string of the molecule is O=[N+]([O-])C(F)(COC(F)(F)OCC(F)([N+](=O)[O-])[N+](=O)[O-])[N+](=O)[O-]. The Hall–Kier alpha value is -2.76. The second kappa shape index (κ2) is 6.56. The summed E-state index contributed by atoms with van der Waals surface area (Å²) in [6.07, 6.45) is -5.24. The number of ether oxygens (including phenoxy) is 2. The van der Waals surface area contributed by atoms with Crippen LogP contribution in [0.5, 0.6) is 0 Å². The lowest BCUT2D eigenvalue weighted by atomic mass is 10.5. The number of alkyl halides is 4. The Morgan fingerprint density at radius 1 is 0.652 bits per heavy atom. The molecule has 0 radical (unpaired) electrons. The van der Waals surface area contributed by atoms with Gasteiger partial charge in [-0.2, -0.15) is 0 Å². The molecule has 0 rings (SSSR count). The maximum Gasteiger partial charge on any atom is 0.638 e. The van der Waals surface area contributed by atoms with Gasteiger partial charge >= 0.3 is 18.1 Å². The smallest absolute Gasteiger partial charge is 0.276 e. The van der Waals surface area contributed by atoms with Crippen molar-refractivity contribution in [3.63, 3.8) is 0 Å². The van der Waals surface area contributed by atoms with E-state index in [0.717, 1.165) is 0 Å². The summed E-state index contributed by atoms with van der Waals surface area (Å²) in [6, 6.07) is 0. The van der Waals surface area contributed by atoms with Crippen LogP contribution < -0.4 is 0 Å². The molecule has 0 N–H and O–H groups in total. The van der Waals surface area contributed by atoms with Gasteiger partial charge < -0.3 is 0 Å². The minimum Gasteiger partial charge on any atom is -0.276 e. The molecule has 0 aliphatic heterocycles. The van der Waals surface area contributed by atoms with Crippen molar-refractivity contribution in [1.29, 1.82) is 0 Å². The van der Waals surface area contributed by atoms with Crippen molar-refractivity contribution >= 4 is 0 Å². The second-order valence-electron chi connectivity index (χ2n) is 3.51. The van der Waals surface area contributed by atoms with Gasteiger partial charge in [0.15, 0.2) is 0 Å². The summed E-state index contributed by atoms with van der Waals surface area (Å²) in [6.45, 7) is -5.09. The highest BCUT2D eigenvalue weighted by Crippen LogP contribution is 2.25. The van der Waals surface area contributed by atoms with Gasteiger partial charge in [0, 0.05) is 0 Å². The van der Waals surface area contributed by atoms with Crippen LogP contribution in [0, 0.1) is 40.5 Å². The van der Waals surface area contributed by atoms with Crippen LogP contribution in [0.25, 0.3) is 0 Å². The predicted molar refractivity (Wildman–Crippen MR) is 52.5 cm³/mol. The Morgan fingerprint density at radius 2 is 0.870 bits per heavy atom. The van der Waals surface area contributed by atoms with Crippen molar-refractivity contribution in [3.8, 4) is 0 Å². The molecule has 0 saturated carbocycles. The topological polar surface area (TPSA) is 191 Å². The lowest BCUT2D eigenvalue weighted by Gasteiger charge is -2.17. The molecule has 0 saturated heterocycles. The fourth-order valence-electron chi connectivity index (χ4n) is 0.738. The quantitative estimate of drug-likeness (QED) is 0.168. The third-order valence-corrected chi connectivity index (χ3v) is 1.97. The van der Waals surface area contributed by atoms with Crippen molar-refractivity contribution in [3.05, 3.63) is 40.5 Å². The summed E-state index contributed by atoms with van der Waals surface area (Å²) >= 11 is 0. The first-order valence-electron chi connectivity index (χ1n) is 4.80. The number of nitrogens with zero attached hydrogens (tertiary/aromatic N) is 4. The van der Waals surface area contributed by atoms with E-state index in [1.807, 2.05) is 0 Å². The maximum atomic E-state index is 13.1. The minimum atomic E-state index is -5.24. The van der Waals surface area contributed by atoms with Gasteiger partial charge in [-0.3, -0.25) is 49.9 Å². The van der Waals surface area contributed by atoms with Gasteiger partial charge in [-0.05, 0) is 0 Å². The van der Waals surface area contributed by atoms with Gasteiger partial charge in [0.25, 0.3) is 0 Å². The molecule has 0 aromatic carbocycles. The number of nitro groups is 4. The monoisotopic (exact) mass is 356 g/mol. The molecule has 0 aliphatic carbocycles. The fourth-order valence-corrected chi connectivity index (χ4v) is 0.738. The molecule has 0 aromatic heterocycles. The Labute approximate surface area is 120 Å². The van der Waals surface area contributed by atoms with Gasteiger partial charge in [-0.1, -0.05) is 8.78 Å². The molecule has 0 heterocycles. The molecule has 0 aromatic rings. The number of hydrogen-bond donors (Lipinski definition) is 0. The molecule has 0 fully saturated rings. The zero-order valence-corrected chi connectivity index (χ0v) is 10.3. The normalized spacial score (nSPS) is 12.7. The highest BCUT2D eigenvalue weighted by Gasteiger charge is 2.63. The Kier molecular flexibility index (Phi) is 5.77. The molecule has 0 atom stereocenters. The summed E-state index contributed by atoms with van der Waals surface area (Å²) in [5, 5.41) is 40.2. The fraction of sp³-hybridized carbons (Fsp3) is 1.00. The molecule has 132 valence electrons. The predicted octanol–water partition coefficient (Wildman–Crippen LogP) is -0.0767. The van der Waals surface area contributed by atoms with Crippen molar-refractivity contribution in [1.82, 2.24) is 0 Å². The third-order valence-electron chi connectivity index (χ3n) is 1.97. The summed E-state index contributed by atoms with van der Waals surface area (Å²) in [7, 11) is 0. The minimum absolute atomic E-state index is 2.24. The molecule has 18 heteroatoms. The zero-order chi connectivity index (χ0) is 18.6. The van der Waals surface area contributed by atoms with Crippen LogP contribution in [0.4, 0.5) is 17.6 Å². The molecule has 23 heavy (non-hydrogen) atoms. The molecule has 0 spiro atoms. The van der Waals surface area contributed by atoms with E-state index < -0.39 is 51.0 Å². The summed E-state index contributed by atoms with van der Waals surface area (Å²) in [4.78, 5) is 31.3. The van der Waals surface area contributed by atoms with Crippen molar-refractivity contribution in [2.24, 2.45) is 0 Å². The van der Waals surface area contributed by atoms with E-state index in [-0.39, 0.29) is 0 Å². The molecular weight excluding hydrogens is 352 g/mol. The average Bonchev–Trinajstić information content (AvgIpc) is 2.41. The molecule has 0 unspecified atom stereocenters. The highest BCUT2D eigenvalue weighted by molar-refractivity contribution is 4.54. The summed E-state index contributed by atoms with van der Waals surface area (Å²) in [5.74, 6) is -9.46. The number of halogens is 4. The van der Waals surface area contributed by atoms with Crippen LogP contribution in [0.3, 0.4) is 0 Å². The van der Waals surface area contributed by atoms with Crippen molar-refractivity contribution in [2.75, 3.05) is 13.2 Å². The molecule has 14 nitrogen and oxygen atoms in total. The largest absolute Gasteiger partial charge is 0.638 e. The van der Waals surface area contributed by atoms with E-state index in [4.69, 9.17) is 0 Å². The van der Waals surface area contributed by atoms with Crippen LogP contribution >= 0.6 is 0 Å². The van der Waals surface area contributed by atoms with E-state index in [2.05, 4.69) is 9.47 Å². The van der Waals surface area contributed by atoms with Crippen LogP contribution in [0.2, 0.25) is 0 Å². The first-order valence-corrected chi connectivity index (χ1v) is 4.80. The molecule has 0 aliphatic rings. The maximum absolute atomic E-state index is 13.1. The number of rotatable bonds is 10. The number of hydrogen-bond acceptors (Lipinski definition) is 10. The molecule has 0 amide bonds.